The topological polar surface area (TPSA) is 72.8 Å². The number of esters is 1. The maximum absolute atomic E-state index is 11.2. The summed E-state index contributed by atoms with van der Waals surface area (Å²) in [5.74, 6) is -2.18. The lowest BCUT2D eigenvalue weighted by molar-refractivity contribution is -0.160. The average Bonchev–Trinajstić information content (AvgIpc) is 2.33. The molecular weight excluding hydrogens is 200 g/mol. The average molecular weight is 214 g/mol. The van der Waals surface area contributed by atoms with Gasteiger partial charge < -0.3 is 14.6 Å². The summed E-state index contributed by atoms with van der Waals surface area (Å²) in [6, 6.07) is 0. The zero-order valence-electron chi connectivity index (χ0n) is 8.73. The molecule has 5 nitrogen and oxygen atoms in total. The second kappa shape index (κ2) is 4.44. The SMILES string of the molecule is CC1(C)OC(=O)C(CC=CCC(=O)O)O1. The number of aliphatic carboxylic acids is 1. The summed E-state index contributed by atoms with van der Waals surface area (Å²) in [6.07, 6.45) is 2.77. The quantitative estimate of drug-likeness (QED) is 0.560. The van der Waals surface area contributed by atoms with Crippen molar-refractivity contribution in [2.24, 2.45) is 0 Å². The van der Waals surface area contributed by atoms with Crippen LogP contribution in [-0.2, 0) is 19.1 Å². The molecule has 5 heteroatoms. The van der Waals surface area contributed by atoms with E-state index in [9.17, 15) is 9.59 Å². The molecule has 1 aliphatic heterocycles. The summed E-state index contributed by atoms with van der Waals surface area (Å²) in [5, 5.41) is 8.37. The molecule has 0 aromatic rings. The fraction of sp³-hybridized carbons (Fsp3) is 0.600. The van der Waals surface area contributed by atoms with Crippen LogP contribution in [0.15, 0.2) is 12.2 Å². The van der Waals surface area contributed by atoms with Crippen LogP contribution < -0.4 is 0 Å². The lowest BCUT2D eigenvalue weighted by atomic mass is 10.2. The number of carbonyl (C=O) groups is 2. The van der Waals surface area contributed by atoms with Crippen LogP contribution in [-0.4, -0.2) is 28.9 Å². The smallest absolute Gasteiger partial charge is 0.338 e. The molecule has 1 aliphatic rings. The molecular formula is C10H14O5. The molecule has 0 aromatic heterocycles. The largest absolute Gasteiger partial charge is 0.481 e. The minimum Gasteiger partial charge on any atom is -0.481 e. The summed E-state index contributed by atoms with van der Waals surface area (Å²) in [7, 11) is 0. The van der Waals surface area contributed by atoms with Crippen molar-refractivity contribution in [1.82, 2.24) is 0 Å². The van der Waals surface area contributed by atoms with Gasteiger partial charge in [-0.3, -0.25) is 4.79 Å². The number of carbonyl (C=O) groups excluding carboxylic acids is 1. The van der Waals surface area contributed by atoms with Crippen molar-refractivity contribution in [1.29, 1.82) is 0 Å². The first-order chi connectivity index (χ1) is 6.91. The fourth-order valence-corrected chi connectivity index (χ4v) is 1.27. The van der Waals surface area contributed by atoms with Gasteiger partial charge in [-0.15, -0.1) is 0 Å². The molecule has 0 bridgehead atoms. The second-order valence-electron chi connectivity index (χ2n) is 3.73. The molecule has 1 fully saturated rings. The Morgan fingerprint density at radius 1 is 1.53 bits per heavy atom. The Hall–Kier alpha value is -1.36. The van der Waals surface area contributed by atoms with E-state index in [0.717, 1.165) is 0 Å². The molecule has 0 aliphatic carbocycles. The van der Waals surface area contributed by atoms with E-state index < -0.39 is 23.8 Å². The predicted molar refractivity (Wildman–Crippen MR) is 51.1 cm³/mol. The Morgan fingerprint density at radius 2 is 2.20 bits per heavy atom. The Bertz CT molecular complexity index is 292. The van der Waals surface area contributed by atoms with Crippen molar-refractivity contribution < 1.29 is 24.2 Å². The van der Waals surface area contributed by atoms with Gasteiger partial charge in [0.2, 0.25) is 5.79 Å². The van der Waals surface area contributed by atoms with Gasteiger partial charge in [-0.1, -0.05) is 12.2 Å². The normalized spacial score (nSPS) is 24.4. The molecule has 0 amide bonds. The van der Waals surface area contributed by atoms with Crippen LogP contribution in [0, 0.1) is 0 Å². The van der Waals surface area contributed by atoms with E-state index in [2.05, 4.69) is 0 Å². The summed E-state index contributed by atoms with van der Waals surface area (Å²) in [4.78, 5) is 21.4. The van der Waals surface area contributed by atoms with Gasteiger partial charge in [-0.2, -0.15) is 0 Å². The highest BCUT2D eigenvalue weighted by atomic mass is 16.8. The van der Waals surface area contributed by atoms with Gasteiger partial charge in [-0.05, 0) is 0 Å². The second-order valence-corrected chi connectivity index (χ2v) is 3.73. The van der Waals surface area contributed by atoms with Crippen molar-refractivity contribution in [2.75, 3.05) is 0 Å². The molecule has 84 valence electrons. The van der Waals surface area contributed by atoms with Gasteiger partial charge >= 0.3 is 11.9 Å². The maximum atomic E-state index is 11.2. The van der Waals surface area contributed by atoms with Crippen LogP contribution in [0.4, 0.5) is 0 Å². The summed E-state index contributed by atoms with van der Waals surface area (Å²) in [6.45, 7) is 3.32. The number of carboxylic acids is 1. The van der Waals surface area contributed by atoms with Crippen LogP contribution in [0.5, 0.6) is 0 Å². The first-order valence-electron chi connectivity index (χ1n) is 4.68. The van der Waals surface area contributed by atoms with Crippen molar-refractivity contribution in [3.05, 3.63) is 12.2 Å². The lowest BCUT2D eigenvalue weighted by Gasteiger charge is -2.14. The monoisotopic (exact) mass is 214 g/mol. The summed E-state index contributed by atoms with van der Waals surface area (Å²) < 4.78 is 10.2. The van der Waals surface area contributed by atoms with Crippen LogP contribution in [0.3, 0.4) is 0 Å². The number of ether oxygens (including phenoxy) is 2. The van der Waals surface area contributed by atoms with E-state index in [0.29, 0.717) is 6.42 Å². The Morgan fingerprint density at radius 3 is 2.67 bits per heavy atom. The van der Waals surface area contributed by atoms with Crippen molar-refractivity contribution >= 4 is 11.9 Å². The third-order valence-electron chi connectivity index (χ3n) is 1.84. The fourth-order valence-electron chi connectivity index (χ4n) is 1.27. The standard InChI is InChI=1S/C10H14O5/c1-10(2)14-7(9(13)15-10)5-3-4-6-8(11)12/h3-4,7H,5-6H2,1-2H3,(H,11,12). The van der Waals surface area contributed by atoms with Gasteiger partial charge in [0.05, 0.1) is 6.42 Å². The zero-order valence-corrected chi connectivity index (χ0v) is 8.73. The molecule has 1 saturated heterocycles. The van der Waals surface area contributed by atoms with Crippen LogP contribution in [0.1, 0.15) is 26.7 Å². The molecule has 1 unspecified atom stereocenters. The highest BCUT2D eigenvalue weighted by Gasteiger charge is 2.39. The minimum atomic E-state index is -0.901. The van der Waals surface area contributed by atoms with Crippen molar-refractivity contribution in [3.8, 4) is 0 Å². The molecule has 1 N–H and O–H groups in total. The van der Waals surface area contributed by atoms with Gasteiger partial charge in [0.15, 0.2) is 6.10 Å². The molecule has 0 aromatic carbocycles. The molecule has 1 rings (SSSR count). The van der Waals surface area contributed by atoms with Crippen molar-refractivity contribution in [2.45, 2.75) is 38.6 Å². The van der Waals surface area contributed by atoms with Gasteiger partial charge in [-0.25, -0.2) is 4.79 Å². The molecule has 0 radical (unpaired) electrons. The van der Waals surface area contributed by atoms with Crippen LogP contribution in [0.25, 0.3) is 0 Å². The van der Waals surface area contributed by atoms with Crippen molar-refractivity contribution in [3.63, 3.8) is 0 Å². The molecule has 15 heavy (non-hydrogen) atoms. The third-order valence-corrected chi connectivity index (χ3v) is 1.84. The molecule has 0 saturated carbocycles. The number of cyclic esters (lactones) is 1. The highest BCUT2D eigenvalue weighted by Crippen LogP contribution is 2.25. The number of hydrogen-bond donors (Lipinski definition) is 1. The Balaban J connectivity index is 2.37. The molecule has 1 atom stereocenters. The molecule has 1 heterocycles. The van der Waals surface area contributed by atoms with E-state index in [1.165, 1.54) is 6.08 Å². The predicted octanol–water partition coefficient (Wildman–Crippen LogP) is 1.09. The van der Waals surface area contributed by atoms with Gasteiger partial charge in [0.1, 0.15) is 0 Å². The highest BCUT2D eigenvalue weighted by molar-refractivity contribution is 5.76. The third kappa shape index (κ3) is 3.71. The summed E-state index contributed by atoms with van der Waals surface area (Å²) >= 11 is 0. The van der Waals surface area contributed by atoms with Gasteiger partial charge in [0, 0.05) is 20.3 Å². The zero-order chi connectivity index (χ0) is 11.5. The Kier molecular flexibility index (Phi) is 3.47. The number of rotatable bonds is 4. The lowest BCUT2D eigenvalue weighted by Crippen LogP contribution is -2.21. The Labute approximate surface area is 87.7 Å². The minimum absolute atomic E-state index is 0.0504. The maximum Gasteiger partial charge on any atom is 0.338 e. The summed E-state index contributed by atoms with van der Waals surface area (Å²) in [5.41, 5.74) is 0. The van der Waals surface area contributed by atoms with E-state index in [1.54, 1.807) is 19.9 Å². The number of carboxylic acid groups (broad SMARTS) is 1. The molecule has 0 spiro atoms. The van der Waals surface area contributed by atoms with E-state index >= 15 is 0 Å². The first-order valence-corrected chi connectivity index (χ1v) is 4.68. The van der Waals surface area contributed by atoms with E-state index in [4.69, 9.17) is 14.6 Å². The van der Waals surface area contributed by atoms with E-state index in [-0.39, 0.29) is 6.42 Å². The van der Waals surface area contributed by atoms with Crippen LogP contribution in [0.2, 0.25) is 0 Å². The first kappa shape index (κ1) is 11.7. The van der Waals surface area contributed by atoms with Crippen LogP contribution >= 0.6 is 0 Å². The van der Waals surface area contributed by atoms with E-state index in [1.807, 2.05) is 0 Å². The number of hydrogen-bond acceptors (Lipinski definition) is 4. The van der Waals surface area contributed by atoms with Gasteiger partial charge in [0.25, 0.3) is 0 Å².